The van der Waals surface area contributed by atoms with Crippen LogP contribution in [-0.4, -0.2) is 222 Å². The molecule has 0 saturated carbocycles. The average molecular weight is 1250 g/mol. The first-order valence-electron chi connectivity index (χ1n) is 29.1. The van der Waals surface area contributed by atoms with Crippen LogP contribution in [0.1, 0.15) is 93.1 Å². The molecule has 13 amide bonds. The first-order valence-corrected chi connectivity index (χ1v) is 29.1. The highest BCUT2D eigenvalue weighted by molar-refractivity contribution is 5.99. The molecule has 2 rings (SSSR count). The number of aliphatic hydroxyl groups is 3. The molecule has 0 spiro atoms. The van der Waals surface area contributed by atoms with Crippen molar-refractivity contribution in [3.05, 3.63) is 35.9 Å². The number of carboxylic acid groups (broad SMARTS) is 1. The van der Waals surface area contributed by atoms with Gasteiger partial charge in [0.05, 0.1) is 52.0 Å². The summed E-state index contributed by atoms with van der Waals surface area (Å²) in [6.07, 6.45) is 1.56. The molecule has 32 nitrogen and oxygen atoms in total. The maximum absolute atomic E-state index is 13.6. The summed E-state index contributed by atoms with van der Waals surface area (Å²) < 4.78 is 0. The van der Waals surface area contributed by atoms with Crippen LogP contribution in [0.3, 0.4) is 0 Å². The predicted octanol–water partition coefficient (Wildman–Crippen LogP) is -6.62. The third-order valence-electron chi connectivity index (χ3n) is 14.3. The van der Waals surface area contributed by atoms with Gasteiger partial charge in [-0.25, -0.2) is 0 Å². The van der Waals surface area contributed by atoms with Gasteiger partial charge in [0.25, 0.3) is 0 Å². The molecular formula is C56H90N14O18. The van der Waals surface area contributed by atoms with E-state index < -0.39 is 202 Å². The number of hydrogen-bond donors (Lipinski definition) is 17. The van der Waals surface area contributed by atoms with Gasteiger partial charge >= 0.3 is 5.97 Å². The fraction of sp³-hybridized carbons (Fsp3) is 0.643. The van der Waals surface area contributed by atoms with Crippen molar-refractivity contribution in [2.24, 2.45) is 29.4 Å². The van der Waals surface area contributed by atoms with Crippen LogP contribution in [0.25, 0.3) is 0 Å². The van der Waals surface area contributed by atoms with Crippen LogP contribution in [0, 0.1) is 23.7 Å². The normalized spacial score (nSPS) is 16.2. The molecule has 0 aromatic heterocycles. The number of nitrogens with one attached hydrogen (secondary N) is 12. The number of nitrogens with zero attached hydrogens (tertiary/aromatic N) is 1. The zero-order valence-corrected chi connectivity index (χ0v) is 51.0. The highest BCUT2D eigenvalue weighted by atomic mass is 16.4. The molecule has 492 valence electrons. The summed E-state index contributed by atoms with van der Waals surface area (Å²) in [6, 6.07) is -3.51. The second-order valence-electron chi connectivity index (χ2n) is 22.1. The Bertz CT molecular complexity index is 2580. The molecule has 1 aromatic carbocycles. The molecule has 1 aliphatic rings. The van der Waals surface area contributed by atoms with Crippen LogP contribution in [0.15, 0.2) is 30.3 Å². The number of amides is 13. The number of aliphatic hydroxyl groups excluding tert-OH is 3. The Kier molecular flexibility index (Phi) is 33.3. The summed E-state index contributed by atoms with van der Waals surface area (Å²) in [5, 5.41) is 67.2. The van der Waals surface area contributed by atoms with Crippen molar-refractivity contribution >= 4 is 82.8 Å². The molecule has 0 radical (unpaired) electrons. The monoisotopic (exact) mass is 1250 g/mol. The quantitative estimate of drug-likeness (QED) is 0.0293. The topological polar surface area (TPSA) is 494 Å². The predicted molar refractivity (Wildman–Crippen MR) is 314 cm³/mol. The van der Waals surface area contributed by atoms with E-state index in [0.29, 0.717) is 37.8 Å². The van der Waals surface area contributed by atoms with E-state index in [9.17, 15) is 82.4 Å². The van der Waals surface area contributed by atoms with E-state index in [1.54, 1.807) is 85.7 Å². The van der Waals surface area contributed by atoms with Crippen LogP contribution < -0.4 is 69.5 Å². The van der Waals surface area contributed by atoms with E-state index in [0.717, 1.165) is 0 Å². The van der Waals surface area contributed by atoms with Crippen LogP contribution in [-0.2, 0) is 73.5 Å². The molecule has 0 unspecified atom stereocenters. The molecule has 11 atom stereocenters. The highest BCUT2D eigenvalue weighted by Gasteiger charge is 2.40. The lowest BCUT2D eigenvalue weighted by atomic mass is 9.97. The number of likely N-dealkylation sites (tertiary alicyclic amines) is 1. The Morgan fingerprint density at radius 1 is 0.511 bits per heavy atom. The second-order valence-corrected chi connectivity index (χ2v) is 22.1. The molecule has 88 heavy (non-hydrogen) atoms. The first kappa shape index (κ1) is 75.7. The number of carbonyl (C=O) groups excluding carboxylic acids is 13. The smallest absolute Gasteiger partial charge is 0.322 e. The molecule has 1 aromatic rings. The van der Waals surface area contributed by atoms with Crippen molar-refractivity contribution < 1.29 is 87.5 Å². The lowest BCUT2D eigenvalue weighted by Crippen LogP contribution is -2.61. The number of carbonyl (C=O) groups is 14. The highest BCUT2D eigenvalue weighted by Crippen LogP contribution is 2.21. The summed E-state index contributed by atoms with van der Waals surface area (Å²) in [6.45, 7) is 7.47. The minimum Gasteiger partial charge on any atom is -0.480 e. The van der Waals surface area contributed by atoms with Crippen LogP contribution in [0.2, 0.25) is 0 Å². The number of aliphatic carboxylic acids is 1. The maximum Gasteiger partial charge on any atom is 0.322 e. The summed E-state index contributed by atoms with van der Waals surface area (Å²) in [5.41, 5.74) is 6.65. The minimum absolute atomic E-state index is 0.103. The zero-order valence-electron chi connectivity index (χ0n) is 51.0. The standard InChI is InChI=1S/C56H90N14O18/c1-9-31(7)46(54(86)66-37(27-72)51(83)61-23-42(76)63-34(19-29(3)4)48(80)62-25-44(78)79)68-43(77)24-60-49(81)35(20-33-15-12-11-13-16-33)64-41(75)22-58-40(74)21-59-50(82)36(26-71)65-52(84)38(28-73)67-55(87)47(32(8)10-2)69-53(85)39-17-14-18-70(39)56(88)45(57)30(5)6/h11-13,15-16,29-32,34-39,45-47,71-73H,9-10,14,17-28,57H2,1-8H3,(H,58,74)(H,59,82)(H,60,81)(H,61,83)(H,62,80)(H,63,76)(H,64,75)(H,65,84)(H,66,86)(H,67,87)(H,68,77)(H,69,85)(H,78,79)/t31-,32-,34-,35-,36-,37-,38-,39-,45-,46-,47-/m0/s1. The molecule has 0 aliphatic carbocycles. The molecule has 32 heteroatoms. The van der Waals surface area contributed by atoms with E-state index >= 15 is 0 Å². The van der Waals surface area contributed by atoms with Crippen molar-refractivity contribution in [3.63, 3.8) is 0 Å². The molecule has 1 aliphatic heterocycles. The van der Waals surface area contributed by atoms with Crippen LogP contribution >= 0.6 is 0 Å². The van der Waals surface area contributed by atoms with Crippen molar-refractivity contribution in [2.75, 3.05) is 59.1 Å². The fourth-order valence-corrected chi connectivity index (χ4v) is 8.69. The molecule has 18 N–H and O–H groups in total. The van der Waals surface area contributed by atoms with E-state index in [4.69, 9.17) is 10.8 Å². The summed E-state index contributed by atoms with van der Waals surface area (Å²) in [4.78, 5) is 183. The largest absolute Gasteiger partial charge is 0.480 e. The molecule has 0 bridgehead atoms. The lowest BCUT2D eigenvalue weighted by Gasteiger charge is -2.31. The number of nitrogens with two attached hydrogens (primary N) is 1. The van der Waals surface area contributed by atoms with E-state index in [1.165, 1.54) is 4.90 Å². The molecule has 1 heterocycles. The number of hydrogen-bond acceptors (Lipinski definition) is 18. The Morgan fingerprint density at radius 2 is 0.932 bits per heavy atom. The van der Waals surface area contributed by atoms with Crippen molar-refractivity contribution in [2.45, 2.75) is 148 Å². The lowest BCUT2D eigenvalue weighted by molar-refractivity contribution is -0.141. The average Bonchev–Trinajstić information content (AvgIpc) is 3.26. The van der Waals surface area contributed by atoms with Crippen molar-refractivity contribution in [3.8, 4) is 0 Å². The van der Waals surface area contributed by atoms with Gasteiger partial charge in [-0.1, -0.05) is 98.6 Å². The summed E-state index contributed by atoms with van der Waals surface area (Å²) in [7, 11) is 0. The Hall–Kier alpha value is -8.36. The Morgan fingerprint density at radius 3 is 1.41 bits per heavy atom. The minimum atomic E-state index is -1.72. The van der Waals surface area contributed by atoms with Gasteiger partial charge in [0, 0.05) is 13.0 Å². The van der Waals surface area contributed by atoms with Gasteiger partial charge in [-0.05, 0) is 48.5 Å². The maximum atomic E-state index is 13.6. The number of rotatable bonds is 38. The number of benzene rings is 1. The molecule has 1 saturated heterocycles. The van der Waals surface area contributed by atoms with Crippen LogP contribution in [0.5, 0.6) is 0 Å². The van der Waals surface area contributed by atoms with Gasteiger partial charge in [0.2, 0.25) is 76.8 Å². The van der Waals surface area contributed by atoms with Crippen LogP contribution in [0.4, 0.5) is 0 Å². The summed E-state index contributed by atoms with van der Waals surface area (Å²) in [5.74, 6) is -13.9. The van der Waals surface area contributed by atoms with E-state index in [-0.39, 0.29) is 24.7 Å². The molecule has 1 fully saturated rings. The van der Waals surface area contributed by atoms with E-state index in [2.05, 4.69) is 63.8 Å². The molecular weight excluding hydrogens is 1160 g/mol. The fourth-order valence-electron chi connectivity index (χ4n) is 8.69. The first-order chi connectivity index (χ1) is 41.5. The van der Waals surface area contributed by atoms with Gasteiger partial charge in [-0.3, -0.25) is 67.1 Å². The summed E-state index contributed by atoms with van der Waals surface area (Å²) >= 11 is 0. The van der Waals surface area contributed by atoms with Crippen molar-refractivity contribution in [1.29, 1.82) is 0 Å². The Balaban J connectivity index is 2.02. The van der Waals surface area contributed by atoms with Gasteiger partial charge in [-0.2, -0.15) is 0 Å². The van der Waals surface area contributed by atoms with E-state index in [1.807, 2.05) is 0 Å². The third-order valence-corrected chi connectivity index (χ3v) is 14.3. The Labute approximate surface area is 510 Å². The van der Waals surface area contributed by atoms with Gasteiger partial charge in [0.1, 0.15) is 54.9 Å². The van der Waals surface area contributed by atoms with Gasteiger partial charge < -0.3 is 94.9 Å². The van der Waals surface area contributed by atoms with Gasteiger partial charge in [0.15, 0.2) is 0 Å². The number of carboxylic acids is 1. The zero-order chi connectivity index (χ0) is 66.4. The third kappa shape index (κ3) is 25.9. The SMILES string of the molecule is CC[C@H](C)[C@H](NC(=O)CNC(=O)[C@H](Cc1ccccc1)NC(=O)CNC(=O)CNC(=O)[C@H](CO)NC(=O)[C@H](CO)NC(=O)[C@@H](NC(=O)[C@@H]1CCCN1C(=O)[C@@H](N)C(C)C)[C@@H](C)CC)C(=O)N[C@@H](CO)C(=O)NCC(=O)N[C@@H](CC(C)C)C(=O)NCC(=O)O. The van der Waals surface area contributed by atoms with Gasteiger partial charge in [-0.15, -0.1) is 0 Å². The van der Waals surface area contributed by atoms with Crippen molar-refractivity contribution in [1.82, 2.24) is 68.7 Å². The second kappa shape index (κ2) is 38.7.